The number of carboxylic acids is 1. The molecular formula is C30H56N2O8. The predicted octanol–water partition coefficient (Wildman–Crippen LogP) is 2.89. The van der Waals surface area contributed by atoms with Crippen LogP contribution in [0.1, 0.15) is 80.6 Å². The Balaban J connectivity index is 2.91. The summed E-state index contributed by atoms with van der Waals surface area (Å²) in [5.74, 6) is -2.61. The molecule has 0 aromatic heterocycles. The molecule has 0 saturated carbocycles. The second-order valence-electron chi connectivity index (χ2n) is 12.9. The van der Waals surface area contributed by atoms with E-state index >= 15 is 0 Å². The number of ketones is 1. The van der Waals surface area contributed by atoms with Crippen LogP contribution in [-0.4, -0.2) is 112 Å². The minimum absolute atomic E-state index is 0.0333. The molecular weight excluding hydrogens is 516 g/mol. The summed E-state index contributed by atoms with van der Waals surface area (Å²) >= 11 is 0. The molecule has 0 aliphatic carbocycles. The highest BCUT2D eigenvalue weighted by Crippen LogP contribution is 2.33. The van der Waals surface area contributed by atoms with E-state index in [0.717, 1.165) is 0 Å². The van der Waals surface area contributed by atoms with Crippen molar-refractivity contribution in [2.24, 2.45) is 17.8 Å². The number of aliphatic carboxylic acids is 1. The summed E-state index contributed by atoms with van der Waals surface area (Å²) in [6.07, 6.45) is -0.487. The molecule has 10 nitrogen and oxygen atoms in total. The van der Waals surface area contributed by atoms with Crippen LogP contribution in [0.15, 0.2) is 12.3 Å². The quantitative estimate of drug-likeness (QED) is 0.192. The van der Waals surface area contributed by atoms with Gasteiger partial charge in [0.05, 0.1) is 35.5 Å². The largest absolute Gasteiger partial charge is 0.481 e. The predicted molar refractivity (Wildman–Crippen MR) is 155 cm³/mol. The minimum atomic E-state index is -1.47. The van der Waals surface area contributed by atoms with Crippen molar-refractivity contribution in [1.29, 1.82) is 0 Å². The third kappa shape index (κ3) is 10.4. The monoisotopic (exact) mass is 572 g/mol. The standard InChI is InChI=1S/C30H56N2O8/c1-12-13-30(8,38)27(34)21(5)32(11)17-18(2)15-29(7,37)16-19(3)26(20(4)28(35)36)40-24-14-23(31(9)10)25(33)22(6)39-24/h18-20,22-26,33,37-38H,5,12-17H2,1-4,6-11H3,(H,35,36)/t18-,19-,20-,22?,23?,24?,25?,26?,29-,30-/m1/s1. The lowest BCUT2D eigenvalue weighted by Crippen LogP contribution is -2.54. The number of hydrogen-bond donors (Lipinski definition) is 4. The van der Waals surface area contributed by atoms with Gasteiger partial charge in [0, 0.05) is 26.1 Å². The fourth-order valence-corrected chi connectivity index (χ4v) is 6.06. The number of hydrogen-bond acceptors (Lipinski definition) is 9. The van der Waals surface area contributed by atoms with E-state index in [4.69, 9.17) is 9.47 Å². The van der Waals surface area contributed by atoms with E-state index in [2.05, 4.69) is 6.58 Å². The highest BCUT2D eigenvalue weighted by molar-refractivity contribution is 6.00. The molecule has 0 aromatic carbocycles. The molecule has 0 bridgehead atoms. The molecule has 234 valence electrons. The molecule has 40 heavy (non-hydrogen) atoms. The summed E-state index contributed by atoms with van der Waals surface area (Å²) in [5.41, 5.74) is -2.38. The van der Waals surface area contributed by atoms with Crippen molar-refractivity contribution < 1.29 is 39.5 Å². The van der Waals surface area contributed by atoms with Crippen LogP contribution in [0.25, 0.3) is 0 Å². The fraction of sp³-hybridized carbons (Fsp3) is 0.867. The van der Waals surface area contributed by atoms with Crippen molar-refractivity contribution in [2.45, 2.75) is 122 Å². The van der Waals surface area contributed by atoms with Crippen molar-refractivity contribution in [3.63, 3.8) is 0 Å². The Labute approximate surface area is 241 Å². The first-order chi connectivity index (χ1) is 18.2. The first-order valence-corrected chi connectivity index (χ1v) is 14.5. The molecule has 1 rings (SSSR count). The van der Waals surface area contributed by atoms with E-state index in [1.807, 2.05) is 39.8 Å². The van der Waals surface area contributed by atoms with Gasteiger partial charge in [-0.3, -0.25) is 9.59 Å². The summed E-state index contributed by atoms with van der Waals surface area (Å²) < 4.78 is 12.2. The Morgan fingerprint density at radius 3 is 2.20 bits per heavy atom. The van der Waals surface area contributed by atoms with E-state index in [0.29, 0.717) is 32.2 Å². The number of aliphatic hydroxyl groups excluding tert-OH is 1. The number of carboxylic acid groups (broad SMARTS) is 1. The Hall–Kier alpha value is -1.56. The van der Waals surface area contributed by atoms with E-state index in [1.54, 1.807) is 32.7 Å². The number of carbonyl (C=O) groups is 2. The zero-order chi connectivity index (χ0) is 31.2. The van der Waals surface area contributed by atoms with Crippen LogP contribution < -0.4 is 0 Å². The zero-order valence-electron chi connectivity index (χ0n) is 26.4. The van der Waals surface area contributed by atoms with Crippen molar-refractivity contribution in [3.05, 3.63) is 12.3 Å². The lowest BCUT2D eigenvalue weighted by Gasteiger charge is -2.43. The number of aliphatic hydroxyl groups is 3. The van der Waals surface area contributed by atoms with Crippen molar-refractivity contribution in [3.8, 4) is 0 Å². The third-order valence-electron chi connectivity index (χ3n) is 8.18. The maximum atomic E-state index is 12.7. The molecule has 1 heterocycles. The van der Waals surface area contributed by atoms with Crippen molar-refractivity contribution in [2.75, 3.05) is 27.7 Å². The molecule has 1 aliphatic rings. The number of rotatable bonds is 17. The summed E-state index contributed by atoms with van der Waals surface area (Å²) in [6.45, 7) is 16.7. The van der Waals surface area contributed by atoms with E-state index in [-0.39, 0.29) is 30.0 Å². The average molecular weight is 573 g/mol. The smallest absolute Gasteiger partial charge is 0.308 e. The normalized spacial score (nSPS) is 27.6. The van der Waals surface area contributed by atoms with Gasteiger partial charge in [-0.05, 0) is 72.9 Å². The van der Waals surface area contributed by atoms with Gasteiger partial charge < -0.3 is 39.7 Å². The molecule has 0 radical (unpaired) electrons. The van der Waals surface area contributed by atoms with E-state index in [1.165, 1.54) is 6.92 Å². The fourth-order valence-electron chi connectivity index (χ4n) is 6.06. The van der Waals surface area contributed by atoms with Crippen LogP contribution in [0, 0.1) is 17.8 Å². The highest BCUT2D eigenvalue weighted by atomic mass is 16.7. The van der Waals surface area contributed by atoms with Gasteiger partial charge in [0.15, 0.2) is 6.29 Å². The van der Waals surface area contributed by atoms with Crippen LogP contribution in [0.3, 0.4) is 0 Å². The minimum Gasteiger partial charge on any atom is -0.481 e. The Morgan fingerprint density at radius 2 is 1.70 bits per heavy atom. The average Bonchev–Trinajstić information content (AvgIpc) is 2.81. The molecule has 0 aromatic rings. The van der Waals surface area contributed by atoms with Crippen molar-refractivity contribution >= 4 is 11.8 Å². The molecule has 10 atom stereocenters. The van der Waals surface area contributed by atoms with Gasteiger partial charge >= 0.3 is 5.97 Å². The molecule has 0 amide bonds. The second kappa shape index (κ2) is 15.1. The number of ether oxygens (including phenoxy) is 2. The molecule has 4 N–H and O–H groups in total. The topological polar surface area (TPSA) is 140 Å². The highest BCUT2D eigenvalue weighted by Gasteiger charge is 2.41. The summed E-state index contributed by atoms with van der Waals surface area (Å²) in [4.78, 5) is 28.3. The SMILES string of the molecule is C=C(C(=O)[C@](C)(O)CCC)N(C)C[C@H](C)C[C@@](C)(O)C[C@@H](C)C(OC1CC(N(C)C)C(O)C(C)O1)[C@@H](C)C(=O)O. The molecule has 1 fully saturated rings. The Morgan fingerprint density at radius 1 is 1.12 bits per heavy atom. The molecule has 1 saturated heterocycles. The first-order valence-electron chi connectivity index (χ1n) is 14.5. The number of Topliss-reactive ketones (excluding diaryl/α,β-unsaturated/α-hetero) is 1. The molecule has 0 spiro atoms. The first kappa shape index (κ1) is 36.5. The third-order valence-corrected chi connectivity index (χ3v) is 8.18. The Bertz CT molecular complexity index is 846. The van der Waals surface area contributed by atoms with Crippen molar-refractivity contribution in [1.82, 2.24) is 9.80 Å². The molecule has 1 aliphatic heterocycles. The van der Waals surface area contributed by atoms with Crippen LogP contribution in [0.2, 0.25) is 0 Å². The van der Waals surface area contributed by atoms with Crippen LogP contribution in [0.5, 0.6) is 0 Å². The van der Waals surface area contributed by atoms with E-state index < -0.39 is 53.5 Å². The van der Waals surface area contributed by atoms with Crippen LogP contribution in [0.4, 0.5) is 0 Å². The van der Waals surface area contributed by atoms with Gasteiger partial charge in [-0.2, -0.15) is 0 Å². The number of carbonyl (C=O) groups excluding carboxylic acids is 1. The second-order valence-corrected chi connectivity index (χ2v) is 12.9. The molecule has 5 unspecified atom stereocenters. The zero-order valence-corrected chi connectivity index (χ0v) is 26.4. The number of nitrogens with zero attached hydrogens (tertiary/aromatic N) is 2. The van der Waals surface area contributed by atoms with E-state index in [9.17, 15) is 30.0 Å². The van der Waals surface area contributed by atoms with Gasteiger partial charge in [0.1, 0.15) is 5.60 Å². The van der Waals surface area contributed by atoms with Crippen LogP contribution in [-0.2, 0) is 19.1 Å². The lowest BCUT2D eigenvalue weighted by molar-refractivity contribution is -0.262. The summed E-state index contributed by atoms with van der Waals surface area (Å²) in [7, 11) is 5.49. The van der Waals surface area contributed by atoms with Gasteiger partial charge in [-0.25, -0.2) is 0 Å². The van der Waals surface area contributed by atoms with Gasteiger partial charge in [0.25, 0.3) is 0 Å². The maximum Gasteiger partial charge on any atom is 0.308 e. The van der Waals surface area contributed by atoms with Gasteiger partial charge in [-0.1, -0.05) is 33.8 Å². The Kier molecular flexibility index (Phi) is 13.7. The number of likely N-dealkylation sites (N-methyl/N-ethyl adjacent to an activating group) is 2. The van der Waals surface area contributed by atoms with Gasteiger partial charge in [-0.15, -0.1) is 0 Å². The lowest BCUT2D eigenvalue weighted by atomic mass is 9.80. The van der Waals surface area contributed by atoms with Gasteiger partial charge in [0.2, 0.25) is 5.78 Å². The molecule has 10 heteroatoms. The summed E-state index contributed by atoms with van der Waals surface area (Å²) in [5, 5.41) is 42.2. The summed E-state index contributed by atoms with van der Waals surface area (Å²) in [6, 6.07) is -0.196. The maximum absolute atomic E-state index is 12.7. The van der Waals surface area contributed by atoms with Crippen LogP contribution >= 0.6 is 0 Å².